The summed E-state index contributed by atoms with van der Waals surface area (Å²) in [5.41, 5.74) is 8.56. The van der Waals surface area contributed by atoms with E-state index in [4.69, 9.17) is 34.8 Å². The first-order valence-corrected chi connectivity index (χ1v) is 57.2. The van der Waals surface area contributed by atoms with E-state index in [1.165, 1.54) is 141 Å². The summed E-state index contributed by atoms with van der Waals surface area (Å²) in [6.07, 6.45) is 0. The summed E-state index contributed by atoms with van der Waals surface area (Å²) >= 11 is 21.7. The second-order valence-corrected chi connectivity index (χ2v) is 52.5. The van der Waals surface area contributed by atoms with Gasteiger partial charge in [0.05, 0.1) is 65.4 Å². The Morgan fingerprint density at radius 3 is 0.421 bits per heavy atom. The van der Waals surface area contributed by atoms with E-state index >= 15 is 0 Å². The fourth-order valence-corrected chi connectivity index (χ4v) is 29.9. The zero-order chi connectivity index (χ0) is 98.0. The third kappa shape index (κ3) is 29.1. The molecule has 0 N–H and O–H groups in total. The van der Waals surface area contributed by atoms with Gasteiger partial charge in [-0.05, 0) is 357 Å². The molecule has 19 rings (SSSR count). The van der Waals surface area contributed by atoms with E-state index < -0.39 is 0 Å². The van der Waals surface area contributed by atoms with Gasteiger partial charge in [0.2, 0.25) is 0 Å². The standard InChI is InChI=1S/C36H28S3.C30H39S.C24H19S2.C21H21S.C18H12Cl3S/c1-5-13-31(14-6-1)38(32-15-7-2-8-16-32)35-25-21-29(22-26-35)37-30-23-27-36(28-24-30)39(33-17-9-3-10-18-33)34-19-11-4-12-20-34;1-28(2,3)22-10-16-25(17-11-22)31(26-18-12-23(13-19-26)29(4,5)6)27-20-14-24(15-21-27)30(7,8)9;1-4-10-20(11-5-1)25-21-16-18-24(19-17-21)26(22-12-6-2-7-13-22)23-14-8-3-9-15-23;1-16-4-10-19(11-5-16)22(20-12-6-17(2)7-13-20)21-14-8-18(3)9-15-21;19-13-1-7-16(8-2-13)22(17-9-3-14(20)4-10-17)18-11-5-15(21)6-12-18/h1-28H;10-21H,1-9H3;1-19H;4-15H,1-3H3;1-12H/q+2;4*+1. The summed E-state index contributed by atoms with van der Waals surface area (Å²) in [5.74, 6) is 0. The molecule has 0 heterocycles. The largest absolute Gasteiger partial charge is 0.166 e. The van der Waals surface area contributed by atoms with Crippen LogP contribution in [0.1, 0.15) is 95.7 Å². The molecule has 0 fully saturated rings. The first kappa shape index (κ1) is 103. The van der Waals surface area contributed by atoms with Gasteiger partial charge in [0.15, 0.2) is 88.1 Å². The van der Waals surface area contributed by atoms with Crippen molar-refractivity contribution in [2.45, 2.75) is 207 Å². The number of benzene rings is 19. The molecule has 0 aliphatic rings. The fourth-order valence-electron chi connectivity index (χ4n) is 15.5. The lowest BCUT2D eigenvalue weighted by molar-refractivity contribution is 0.589. The van der Waals surface area contributed by atoms with Gasteiger partial charge in [-0.15, -0.1) is 0 Å². The first-order valence-electron chi connectivity index (χ1n) is 47.0. The van der Waals surface area contributed by atoms with Gasteiger partial charge in [-0.3, -0.25) is 0 Å². The Hall–Kier alpha value is -11.2. The van der Waals surface area contributed by atoms with Crippen LogP contribution in [0.15, 0.2) is 611 Å². The molecular weight excluding hydrogens is 1910 g/mol. The van der Waals surface area contributed by atoms with E-state index in [0.29, 0.717) is 0 Å². The summed E-state index contributed by atoms with van der Waals surface area (Å²) in [5, 5.41) is 2.21. The lowest BCUT2D eigenvalue weighted by Gasteiger charge is -2.21. The highest BCUT2D eigenvalue weighted by atomic mass is 35.5. The molecular formula is C129H119Cl3S8+6. The molecule has 0 saturated heterocycles. The van der Waals surface area contributed by atoms with Crippen LogP contribution in [0.3, 0.4) is 0 Å². The van der Waals surface area contributed by atoms with Crippen LogP contribution in [-0.2, 0) is 81.6 Å². The van der Waals surface area contributed by atoms with Crippen molar-refractivity contribution in [2.75, 3.05) is 0 Å². The lowest BCUT2D eigenvalue weighted by atomic mass is 9.87. The Kier molecular flexibility index (Phi) is 36.9. The lowest BCUT2D eigenvalue weighted by Crippen LogP contribution is -2.13. The molecule has 0 bridgehead atoms. The molecule has 0 atom stereocenters. The molecule has 0 radical (unpaired) electrons. The number of hydrogen-bond acceptors (Lipinski definition) is 2. The quantitative estimate of drug-likeness (QED) is 0.0620. The zero-order valence-corrected chi connectivity index (χ0v) is 90.1. The first-order chi connectivity index (χ1) is 67.8. The van der Waals surface area contributed by atoms with Crippen LogP contribution in [0.25, 0.3) is 0 Å². The molecule has 0 nitrogen and oxygen atoms in total. The summed E-state index contributed by atoms with van der Waals surface area (Å²) in [7, 11) is -0.699. The topological polar surface area (TPSA) is 0 Å². The van der Waals surface area contributed by atoms with Crippen LogP contribution >= 0.6 is 58.3 Å². The average Bonchev–Trinajstić information content (AvgIpc) is 0.808. The molecule has 19 aromatic rings. The molecule has 140 heavy (non-hydrogen) atoms. The molecule has 0 unspecified atom stereocenters. The van der Waals surface area contributed by atoms with Gasteiger partial charge in [-0.2, -0.15) is 0 Å². The molecule has 0 spiro atoms. The fraction of sp³-hybridized carbons (Fsp3) is 0.116. The van der Waals surface area contributed by atoms with Crippen molar-refractivity contribution in [1.82, 2.24) is 0 Å². The number of halogens is 3. The van der Waals surface area contributed by atoms with Crippen LogP contribution in [0, 0.1) is 20.8 Å². The van der Waals surface area contributed by atoms with Gasteiger partial charge in [0.1, 0.15) is 0 Å². The summed E-state index contributed by atoms with van der Waals surface area (Å²) in [6.45, 7) is 26.9. The van der Waals surface area contributed by atoms with Crippen molar-refractivity contribution in [3.8, 4) is 0 Å². The minimum Gasteiger partial charge on any atom is -0.0901 e. The molecule has 0 saturated carbocycles. The minimum absolute atomic E-state index is 0.0394. The van der Waals surface area contributed by atoms with Crippen LogP contribution in [0.2, 0.25) is 15.1 Å². The van der Waals surface area contributed by atoms with Gasteiger partial charge in [-0.1, -0.05) is 338 Å². The highest BCUT2D eigenvalue weighted by Crippen LogP contribution is 2.43. The zero-order valence-electron chi connectivity index (χ0n) is 81.3. The molecule has 0 amide bonds. The number of hydrogen-bond donors (Lipinski definition) is 0. The predicted molar refractivity (Wildman–Crippen MR) is 609 cm³/mol. The van der Waals surface area contributed by atoms with Crippen molar-refractivity contribution in [1.29, 1.82) is 0 Å². The van der Waals surface area contributed by atoms with Crippen LogP contribution in [0.4, 0.5) is 0 Å². The normalized spacial score (nSPS) is 11.4. The third-order valence-corrected chi connectivity index (χ3v) is 39.2. The van der Waals surface area contributed by atoms with Gasteiger partial charge in [0, 0.05) is 34.6 Å². The SMILES string of the molecule is CC(C)(C)c1ccc([S+](c2ccc(C(C)(C)C)cc2)c2ccc(C(C)(C)C)cc2)cc1.Cc1ccc([S+](c2ccc(C)cc2)c2ccc(C)cc2)cc1.Clc1ccc([S+](c2ccc(Cl)cc2)c2ccc(Cl)cc2)cc1.c1ccc(Sc2ccc([S+](c3ccccc3)c3ccccc3)cc2)cc1.c1ccc([S+](c2ccccc2)c2ccc(Sc3ccc([S+](c4ccccc4)c4ccccc4)cc3)cc2)cc1. The third-order valence-electron chi connectivity index (χ3n) is 23.1. The van der Waals surface area contributed by atoms with Crippen molar-refractivity contribution >= 4 is 124 Å². The molecule has 11 heteroatoms. The highest BCUT2D eigenvalue weighted by Gasteiger charge is 2.36. The molecule has 0 aromatic heterocycles. The van der Waals surface area contributed by atoms with Crippen molar-refractivity contribution in [2.24, 2.45) is 0 Å². The number of rotatable bonds is 22. The Morgan fingerprint density at radius 2 is 0.264 bits per heavy atom. The molecule has 19 aromatic carbocycles. The molecule has 0 aliphatic carbocycles. The maximum atomic E-state index is 6.02. The van der Waals surface area contributed by atoms with Gasteiger partial charge in [0.25, 0.3) is 0 Å². The van der Waals surface area contributed by atoms with E-state index in [-0.39, 0.29) is 81.6 Å². The van der Waals surface area contributed by atoms with E-state index in [1.807, 2.05) is 48.2 Å². The van der Waals surface area contributed by atoms with Gasteiger partial charge >= 0.3 is 0 Å². The minimum atomic E-state index is -0.215. The van der Waals surface area contributed by atoms with E-state index in [9.17, 15) is 0 Å². The van der Waals surface area contributed by atoms with Crippen molar-refractivity contribution in [3.63, 3.8) is 0 Å². The monoisotopic (exact) mass is 2030 g/mol. The molecule has 698 valence electrons. The van der Waals surface area contributed by atoms with Gasteiger partial charge < -0.3 is 0 Å². The Labute approximate surface area is 874 Å². The van der Waals surface area contributed by atoms with Crippen LogP contribution < -0.4 is 0 Å². The smallest absolute Gasteiger partial charge is 0.0901 e. The van der Waals surface area contributed by atoms with E-state index in [2.05, 4.69) is 550 Å². The maximum absolute atomic E-state index is 6.02. The van der Waals surface area contributed by atoms with Crippen LogP contribution in [0.5, 0.6) is 0 Å². The predicted octanol–water partition coefficient (Wildman–Crippen LogP) is 38.1. The average molecular weight is 2030 g/mol. The van der Waals surface area contributed by atoms with Crippen molar-refractivity contribution in [3.05, 3.63) is 552 Å². The Morgan fingerprint density at radius 1 is 0.143 bits per heavy atom. The van der Waals surface area contributed by atoms with E-state index in [1.54, 1.807) is 11.8 Å². The highest BCUT2D eigenvalue weighted by molar-refractivity contribution is 8.00. The maximum Gasteiger partial charge on any atom is 0.166 e. The second kappa shape index (κ2) is 50.0. The molecule has 0 aliphatic heterocycles. The summed E-state index contributed by atoms with van der Waals surface area (Å²) in [6, 6.07) is 181. The summed E-state index contributed by atoms with van der Waals surface area (Å²) in [4.78, 5) is 29.0. The van der Waals surface area contributed by atoms with Crippen molar-refractivity contribution < 1.29 is 0 Å². The Bertz CT molecular complexity index is 6230. The second-order valence-electron chi connectivity index (χ2n) is 36.8. The summed E-state index contributed by atoms with van der Waals surface area (Å²) < 4.78 is 0. The number of aryl methyl sites for hydroxylation is 3. The van der Waals surface area contributed by atoms with Crippen LogP contribution in [-0.4, -0.2) is 0 Å². The Balaban J connectivity index is 0.000000135. The van der Waals surface area contributed by atoms with E-state index in [0.717, 1.165) is 15.1 Å². The van der Waals surface area contributed by atoms with Gasteiger partial charge in [-0.25, -0.2) is 0 Å².